The molecule has 2 atom stereocenters. The molecular weight excluding hydrogens is 186 g/mol. The highest BCUT2D eigenvalue weighted by molar-refractivity contribution is 5.13. The minimum atomic E-state index is 0.412. The van der Waals surface area contributed by atoms with Crippen LogP contribution in [0.2, 0.25) is 0 Å². The van der Waals surface area contributed by atoms with Crippen LogP contribution in [0.3, 0.4) is 0 Å². The summed E-state index contributed by atoms with van der Waals surface area (Å²) in [5.74, 6) is 0. The first-order chi connectivity index (χ1) is 7.36. The fourth-order valence-electron chi connectivity index (χ4n) is 2.02. The first kappa shape index (κ1) is 10.6. The van der Waals surface area contributed by atoms with Gasteiger partial charge in [-0.25, -0.2) is 0 Å². The highest BCUT2D eigenvalue weighted by Crippen LogP contribution is 2.11. The van der Waals surface area contributed by atoms with Crippen molar-refractivity contribution in [2.45, 2.75) is 31.8 Å². The number of hydrogen-bond acceptors (Lipinski definition) is 3. The van der Waals surface area contributed by atoms with E-state index in [1.807, 2.05) is 12.4 Å². The first-order valence-electron chi connectivity index (χ1n) is 5.73. The smallest absolute Gasteiger partial charge is 0.0293 e. The molecule has 1 aliphatic rings. The monoisotopic (exact) mass is 205 g/mol. The predicted octanol–water partition coefficient (Wildman–Crippen LogP) is 1.48. The molecule has 1 fully saturated rings. The first-order valence-corrected chi connectivity index (χ1v) is 5.73. The summed E-state index contributed by atoms with van der Waals surface area (Å²) in [4.78, 5) is 4.03. The number of aromatic nitrogens is 1. The topological polar surface area (TPSA) is 37.0 Å². The maximum Gasteiger partial charge on any atom is 0.0293 e. The van der Waals surface area contributed by atoms with Crippen LogP contribution in [-0.2, 0) is 0 Å². The summed E-state index contributed by atoms with van der Waals surface area (Å²) in [5.41, 5.74) is 1.31. The van der Waals surface area contributed by atoms with Crippen LogP contribution in [0.15, 0.2) is 24.5 Å². The molecule has 0 aromatic carbocycles. The average Bonchev–Trinajstić information content (AvgIpc) is 2.80. The highest BCUT2D eigenvalue weighted by Gasteiger charge is 2.14. The van der Waals surface area contributed by atoms with Crippen molar-refractivity contribution in [2.75, 3.05) is 13.1 Å². The molecule has 0 spiro atoms. The molecule has 3 heteroatoms. The Hall–Kier alpha value is -0.930. The Bertz CT molecular complexity index is 280. The number of pyridine rings is 1. The van der Waals surface area contributed by atoms with Gasteiger partial charge in [-0.1, -0.05) is 0 Å². The summed E-state index contributed by atoms with van der Waals surface area (Å²) in [5, 5.41) is 7.04. The van der Waals surface area contributed by atoms with Crippen molar-refractivity contribution < 1.29 is 0 Å². The van der Waals surface area contributed by atoms with Crippen LogP contribution < -0.4 is 10.6 Å². The van der Waals surface area contributed by atoms with E-state index in [1.54, 1.807) is 0 Å². The number of nitrogens with zero attached hydrogens (tertiary/aromatic N) is 1. The Morgan fingerprint density at radius 3 is 3.00 bits per heavy atom. The van der Waals surface area contributed by atoms with Gasteiger partial charge in [0, 0.05) is 31.0 Å². The van der Waals surface area contributed by atoms with Crippen molar-refractivity contribution >= 4 is 0 Å². The highest BCUT2D eigenvalue weighted by atomic mass is 15.0. The quantitative estimate of drug-likeness (QED) is 0.782. The summed E-state index contributed by atoms with van der Waals surface area (Å²) >= 11 is 0. The van der Waals surface area contributed by atoms with Crippen LogP contribution in [0.1, 0.15) is 31.4 Å². The number of nitrogens with one attached hydrogen (secondary N) is 2. The van der Waals surface area contributed by atoms with Crippen molar-refractivity contribution in [3.05, 3.63) is 30.1 Å². The molecular formula is C12H19N3. The van der Waals surface area contributed by atoms with Gasteiger partial charge in [-0.3, -0.25) is 4.98 Å². The third-order valence-corrected chi connectivity index (χ3v) is 3.04. The predicted molar refractivity (Wildman–Crippen MR) is 61.7 cm³/mol. The lowest BCUT2D eigenvalue weighted by Crippen LogP contribution is -2.35. The lowest BCUT2D eigenvalue weighted by Gasteiger charge is -2.17. The zero-order valence-electron chi connectivity index (χ0n) is 9.24. The molecule has 2 unspecified atom stereocenters. The molecule has 0 aliphatic carbocycles. The molecule has 0 bridgehead atoms. The van der Waals surface area contributed by atoms with Gasteiger partial charge in [0.2, 0.25) is 0 Å². The minimum Gasteiger partial charge on any atom is -0.313 e. The molecule has 3 nitrogen and oxygen atoms in total. The molecule has 1 aromatic heterocycles. The van der Waals surface area contributed by atoms with Crippen LogP contribution in [0, 0.1) is 0 Å². The van der Waals surface area contributed by atoms with E-state index in [1.165, 1.54) is 24.9 Å². The van der Waals surface area contributed by atoms with Crippen molar-refractivity contribution in [1.29, 1.82) is 0 Å². The molecule has 15 heavy (non-hydrogen) atoms. The lowest BCUT2D eigenvalue weighted by atomic mass is 10.1. The van der Waals surface area contributed by atoms with Crippen molar-refractivity contribution in [3.63, 3.8) is 0 Å². The van der Waals surface area contributed by atoms with E-state index >= 15 is 0 Å². The summed E-state index contributed by atoms with van der Waals surface area (Å²) in [6.07, 6.45) is 6.31. The summed E-state index contributed by atoms with van der Waals surface area (Å²) in [7, 11) is 0. The maximum atomic E-state index is 4.03. The molecule has 2 N–H and O–H groups in total. The zero-order chi connectivity index (χ0) is 10.5. The molecule has 2 heterocycles. The van der Waals surface area contributed by atoms with Gasteiger partial charge < -0.3 is 10.6 Å². The van der Waals surface area contributed by atoms with E-state index in [0.29, 0.717) is 12.1 Å². The van der Waals surface area contributed by atoms with E-state index in [4.69, 9.17) is 0 Å². The van der Waals surface area contributed by atoms with E-state index in [9.17, 15) is 0 Å². The van der Waals surface area contributed by atoms with Gasteiger partial charge >= 0.3 is 0 Å². The van der Waals surface area contributed by atoms with Crippen molar-refractivity contribution in [3.8, 4) is 0 Å². The van der Waals surface area contributed by atoms with Crippen molar-refractivity contribution in [2.24, 2.45) is 0 Å². The van der Waals surface area contributed by atoms with Crippen LogP contribution >= 0.6 is 0 Å². The third kappa shape index (κ3) is 3.01. The Morgan fingerprint density at radius 2 is 2.33 bits per heavy atom. The van der Waals surface area contributed by atoms with Crippen LogP contribution in [0.25, 0.3) is 0 Å². The largest absolute Gasteiger partial charge is 0.313 e. The molecule has 0 saturated carbocycles. The fourth-order valence-corrected chi connectivity index (χ4v) is 2.02. The molecule has 1 aromatic rings. The Labute approximate surface area is 91.3 Å². The minimum absolute atomic E-state index is 0.412. The molecule has 0 radical (unpaired) electrons. The molecule has 1 aliphatic heterocycles. The van der Waals surface area contributed by atoms with E-state index in [0.717, 1.165) is 6.54 Å². The Balaban J connectivity index is 1.79. The molecule has 82 valence electrons. The second kappa shape index (κ2) is 5.24. The SMILES string of the molecule is CC(NCC1CCCN1)c1ccncc1. The van der Waals surface area contributed by atoms with Gasteiger partial charge in [0.05, 0.1) is 0 Å². The maximum absolute atomic E-state index is 4.03. The van der Waals surface area contributed by atoms with Gasteiger partial charge in [0.1, 0.15) is 0 Å². The van der Waals surface area contributed by atoms with E-state index in [2.05, 4.69) is 34.7 Å². The Morgan fingerprint density at radius 1 is 1.53 bits per heavy atom. The van der Waals surface area contributed by atoms with E-state index < -0.39 is 0 Å². The molecule has 1 saturated heterocycles. The van der Waals surface area contributed by atoms with Crippen LogP contribution in [0.4, 0.5) is 0 Å². The molecule has 2 rings (SSSR count). The Kier molecular flexibility index (Phi) is 3.69. The number of hydrogen-bond donors (Lipinski definition) is 2. The fraction of sp³-hybridized carbons (Fsp3) is 0.583. The zero-order valence-corrected chi connectivity index (χ0v) is 9.24. The second-order valence-corrected chi connectivity index (χ2v) is 4.20. The lowest BCUT2D eigenvalue weighted by molar-refractivity contribution is 0.489. The van der Waals surface area contributed by atoms with Gasteiger partial charge in [-0.15, -0.1) is 0 Å². The van der Waals surface area contributed by atoms with Gasteiger partial charge in [-0.05, 0) is 44.0 Å². The van der Waals surface area contributed by atoms with Gasteiger partial charge in [-0.2, -0.15) is 0 Å². The summed E-state index contributed by atoms with van der Waals surface area (Å²) in [6, 6.07) is 5.21. The normalized spacial score (nSPS) is 22.9. The van der Waals surface area contributed by atoms with Gasteiger partial charge in [0.15, 0.2) is 0 Å². The average molecular weight is 205 g/mol. The van der Waals surface area contributed by atoms with Crippen LogP contribution in [-0.4, -0.2) is 24.1 Å². The third-order valence-electron chi connectivity index (χ3n) is 3.04. The molecule has 0 amide bonds. The van der Waals surface area contributed by atoms with Crippen molar-refractivity contribution in [1.82, 2.24) is 15.6 Å². The van der Waals surface area contributed by atoms with Gasteiger partial charge in [0.25, 0.3) is 0 Å². The second-order valence-electron chi connectivity index (χ2n) is 4.20. The number of rotatable bonds is 4. The van der Waals surface area contributed by atoms with Crippen LogP contribution in [0.5, 0.6) is 0 Å². The summed E-state index contributed by atoms with van der Waals surface area (Å²) < 4.78 is 0. The standard InChI is InChI=1S/C12H19N3/c1-10(11-4-7-13-8-5-11)15-9-12-3-2-6-14-12/h4-5,7-8,10,12,14-15H,2-3,6,9H2,1H3. The summed E-state index contributed by atoms with van der Waals surface area (Å²) in [6.45, 7) is 4.43. The van der Waals surface area contributed by atoms with E-state index in [-0.39, 0.29) is 0 Å².